The summed E-state index contributed by atoms with van der Waals surface area (Å²) >= 11 is 0. The van der Waals surface area contributed by atoms with Crippen LogP contribution in [0.4, 0.5) is 13.2 Å². The minimum Gasteiger partial charge on any atom is -0.490 e. The van der Waals surface area contributed by atoms with Gasteiger partial charge in [-0.15, -0.1) is 0 Å². The molecule has 0 radical (unpaired) electrons. The molecule has 1 aromatic carbocycles. The highest BCUT2D eigenvalue weighted by Crippen LogP contribution is 2.31. The van der Waals surface area contributed by atoms with E-state index in [0.29, 0.717) is 0 Å². The van der Waals surface area contributed by atoms with Crippen LogP contribution in [0.15, 0.2) is 48.1 Å². The molecule has 0 aliphatic heterocycles. The van der Waals surface area contributed by atoms with E-state index in [1.54, 1.807) is 0 Å². The molecule has 20 heavy (non-hydrogen) atoms. The van der Waals surface area contributed by atoms with Crippen LogP contribution in [0, 0.1) is 0 Å². The third kappa shape index (κ3) is 5.95. The molecule has 0 saturated carbocycles. The number of alkyl halides is 3. The maximum absolute atomic E-state index is 12.5. The monoisotopic (exact) mass is 284 g/mol. The Morgan fingerprint density at radius 3 is 2.65 bits per heavy atom. The van der Waals surface area contributed by atoms with Crippen molar-refractivity contribution in [3.05, 3.63) is 53.6 Å². The van der Waals surface area contributed by atoms with Crippen LogP contribution >= 0.6 is 0 Å². The number of rotatable bonds is 6. The molecule has 1 rings (SSSR count). The molecule has 0 amide bonds. The lowest BCUT2D eigenvalue weighted by molar-refractivity contribution is -0.137. The van der Waals surface area contributed by atoms with Gasteiger partial charge in [0.1, 0.15) is 12.4 Å². The van der Waals surface area contributed by atoms with E-state index < -0.39 is 11.7 Å². The Labute approximate surface area is 117 Å². The molecule has 4 heteroatoms. The summed E-state index contributed by atoms with van der Waals surface area (Å²) < 4.78 is 42.9. The Hall–Kier alpha value is -1.71. The third-order valence-corrected chi connectivity index (χ3v) is 2.69. The molecule has 1 nitrogen and oxygen atoms in total. The standard InChI is InChI=1S/C16H19F3O/c1-3-4-5-7-13(2)10-11-20-15-9-6-8-14(12-15)16(17,18)19/h4-6,8-10,12H,3,7,11H2,1-2H3/b5-4-,13-10-. The summed E-state index contributed by atoms with van der Waals surface area (Å²) in [6, 6.07) is 4.91. The predicted molar refractivity (Wildman–Crippen MR) is 74.7 cm³/mol. The molecular formula is C16H19F3O. The van der Waals surface area contributed by atoms with Crippen LogP contribution in [0.25, 0.3) is 0 Å². The average molecular weight is 284 g/mol. The highest BCUT2D eigenvalue weighted by molar-refractivity contribution is 5.30. The normalized spacial score (nSPS) is 12.9. The Kier molecular flexibility index (Phi) is 6.36. The quantitative estimate of drug-likeness (QED) is 0.637. The van der Waals surface area contributed by atoms with E-state index in [1.807, 2.05) is 13.0 Å². The van der Waals surface area contributed by atoms with Crippen LogP contribution in [0.3, 0.4) is 0 Å². The molecule has 0 N–H and O–H groups in total. The van der Waals surface area contributed by atoms with E-state index >= 15 is 0 Å². The van der Waals surface area contributed by atoms with Gasteiger partial charge in [0.2, 0.25) is 0 Å². The number of hydrogen-bond donors (Lipinski definition) is 0. The summed E-state index contributed by atoms with van der Waals surface area (Å²) in [6.45, 7) is 4.30. The molecule has 0 spiro atoms. The molecule has 0 unspecified atom stereocenters. The summed E-state index contributed by atoms with van der Waals surface area (Å²) in [5.74, 6) is 0.230. The molecule has 0 atom stereocenters. The zero-order valence-electron chi connectivity index (χ0n) is 11.7. The first-order valence-electron chi connectivity index (χ1n) is 6.54. The summed E-state index contributed by atoms with van der Waals surface area (Å²) in [5, 5.41) is 0. The van der Waals surface area contributed by atoms with E-state index in [0.717, 1.165) is 30.5 Å². The van der Waals surface area contributed by atoms with Gasteiger partial charge in [0.15, 0.2) is 0 Å². The van der Waals surface area contributed by atoms with Crippen LogP contribution in [-0.4, -0.2) is 6.61 Å². The van der Waals surface area contributed by atoms with Gasteiger partial charge in [-0.05, 0) is 44.0 Å². The van der Waals surface area contributed by atoms with Gasteiger partial charge in [-0.3, -0.25) is 0 Å². The summed E-state index contributed by atoms with van der Waals surface area (Å²) in [6.07, 6.45) is 3.51. The fourth-order valence-corrected chi connectivity index (χ4v) is 1.56. The van der Waals surface area contributed by atoms with Gasteiger partial charge in [0, 0.05) is 0 Å². The van der Waals surface area contributed by atoms with Crippen LogP contribution in [0.5, 0.6) is 5.75 Å². The second kappa shape index (κ2) is 7.78. The molecule has 0 heterocycles. The van der Waals surface area contributed by atoms with Crippen molar-refractivity contribution < 1.29 is 17.9 Å². The van der Waals surface area contributed by atoms with Crippen molar-refractivity contribution in [1.29, 1.82) is 0 Å². The van der Waals surface area contributed by atoms with Gasteiger partial charge in [-0.1, -0.05) is 30.7 Å². The number of benzene rings is 1. The molecular weight excluding hydrogens is 265 g/mol. The first-order valence-corrected chi connectivity index (χ1v) is 6.54. The predicted octanol–water partition coefficient (Wildman–Crippen LogP) is 5.39. The number of halogens is 3. The molecule has 0 aliphatic rings. The fraction of sp³-hybridized carbons (Fsp3) is 0.375. The molecule has 0 aliphatic carbocycles. The zero-order valence-corrected chi connectivity index (χ0v) is 11.7. The first kappa shape index (κ1) is 16.3. The van der Waals surface area contributed by atoms with Gasteiger partial charge in [0.25, 0.3) is 0 Å². The van der Waals surface area contributed by atoms with E-state index in [-0.39, 0.29) is 12.4 Å². The van der Waals surface area contributed by atoms with E-state index in [2.05, 4.69) is 19.1 Å². The highest BCUT2D eigenvalue weighted by Gasteiger charge is 2.30. The fourth-order valence-electron chi connectivity index (χ4n) is 1.56. The molecule has 0 saturated heterocycles. The first-order chi connectivity index (χ1) is 9.43. The zero-order chi connectivity index (χ0) is 15.0. The number of ether oxygens (including phenoxy) is 1. The van der Waals surface area contributed by atoms with Crippen molar-refractivity contribution in [3.63, 3.8) is 0 Å². The van der Waals surface area contributed by atoms with Crippen molar-refractivity contribution in [2.45, 2.75) is 32.9 Å². The van der Waals surface area contributed by atoms with Gasteiger partial charge in [-0.25, -0.2) is 0 Å². The largest absolute Gasteiger partial charge is 0.490 e. The lowest BCUT2D eigenvalue weighted by Crippen LogP contribution is -2.05. The third-order valence-electron chi connectivity index (χ3n) is 2.69. The van der Waals surface area contributed by atoms with Gasteiger partial charge < -0.3 is 4.74 Å². The molecule has 110 valence electrons. The van der Waals surface area contributed by atoms with Crippen molar-refractivity contribution in [2.24, 2.45) is 0 Å². The van der Waals surface area contributed by atoms with Gasteiger partial charge >= 0.3 is 6.18 Å². The Balaban J connectivity index is 2.54. The summed E-state index contributed by atoms with van der Waals surface area (Å²) in [5.41, 5.74) is 0.434. The maximum atomic E-state index is 12.5. The number of hydrogen-bond acceptors (Lipinski definition) is 1. The Bertz CT molecular complexity index is 473. The minimum atomic E-state index is -4.34. The molecule has 1 aromatic rings. The molecule has 0 aromatic heterocycles. The van der Waals surface area contributed by atoms with E-state index in [4.69, 9.17) is 4.74 Å². The van der Waals surface area contributed by atoms with E-state index in [9.17, 15) is 13.2 Å². The van der Waals surface area contributed by atoms with Crippen molar-refractivity contribution in [1.82, 2.24) is 0 Å². The van der Waals surface area contributed by atoms with Gasteiger partial charge in [0.05, 0.1) is 5.56 Å². The van der Waals surface area contributed by atoms with Crippen LogP contribution in [-0.2, 0) is 6.18 Å². The maximum Gasteiger partial charge on any atom is 0.416 e. The Morgan fingerprint density at radius 1 is 1.25 bits per heavy atom. The lowest BCUT2D eigenvalue weighted by atomic mass is 10.2. The van der Waals surface area contributed by atoms with Crippen LogP contribution in [0.1, 0.15) is 32.3 Å². The van der Waals surface area contributed by atoms with Crippen LogP contribution in [0.2, 0.25) is 0 Å². The summed E-state index contributed by atoms with van der Waals surface area (Å²) in [4.78, 5) is 0. The smallest absolute Gasteiger partial charge is 0.416 e. The van der Waals surface area contributed by atoms with Crippen LogP contribution < -0.4 is 4.74 Å². The Morgan fingerprint density at radius 2 is 2.00 bits per heavy atom. The van der Waals surface area contributed by atoms with Crippen molar-refractivity contribution in [3.8, 4) is 5.75 Å². The topological polar surface area (TPSA) is 9.23 Å². The summed E-state index contributed by atoms with van der Waals surface area (Å²) in [7, 11) is 0. The second-order valence-corrected chi connectivity index (χ2v) is 4.47. The number of allylic oxidation sites excluding steroid dienone is 3. The lowest BCUT2D eigenvalue weighted by Gasteiger charge is -2.09. The highest BCUT2D eigenvalue weighted by atomic mass is 19.4. The average Bonchev–Trinajstić information content (AvgIpc) is 2.38. The molecule has 0 fully saturated rings. The SMILES string of the molecule is CC/C=C\C/C(C)=C\COc1cccc(C(F)(F)F)c1. The molecule has 0 bridgehead atoms. The van der Waals surface area contributed by atoms with Gasteiger partial charge in [-0.2, -0.15) is 13.2 Å². The van der Waals surface area contributed by atoms with E-state index in [1.165, 1.54) is 12.1 Å². The minimum absolute atomic E-state index is 0.230. The van der Waals surface area contributed by atoms with Crippen molar-refractivity contribution in [2.75, 3.05) is 6.61 Å². The van der Waals surface area contributed by atoms with Crippen molar-refractivity contribution >= 4 is 0 Å². The second-order valence-electron chi connectivity index (χ2n) is 4.47.